The van der Waals surface area contributed by atoms with Crippen LogP contribution in [0, 0.1) is 10.1 Å². The van der Waals surface area contributed by atoms with E-state index in [0.717, 1.165) is 19.3 Å². The van der Waals surface area contributed by atoms with Crippen LogP contribution in [0.1, 0.15) is 36.5 Å². The van der Waals surface area contributed by atoms with E-state index >= 15 is 0 Å². The lowest BCUT2D eigenvalue weighted by atomic mass is 10.1. The van der Waals surface area contributed by atoms with E-state index in [1.165, 1.54) is 25.1 Å². The lowest BCUT2D eigenvalue weighted by molar-refractivity contribution is -0.384. The third-order valence-corrected chi connectivity index (χ3v) is 3.40. The molecule has 1 aliphatic heterocycles. The average molecular weight is 291 g/mol. The van der Waals surface area contributed by atoms with Crippen molar-refractivity contribution in [3.05, 3.63) is 33.9 Å². The maximum Gasteiger partial charge on any atom is 0.293 e. The first-order valence-corrected chi connectivity index (χ1v) is 6.84. The van der Waals surface area contributed by atoms with Crippen LogP contribution in [0.3, 0.4) is 0 Å². The minimum Gasteiger partial charge on any atom is -0.339 e. The van der Waals surface area contributed by atoms with Crippen molar-refractivity contribution in [2.45, 2.75) is 26.2 Å². The Labute approximate surface area is 122 Å². The molecule has 0 aromatic heterocycles. The summed E-state index contributed by atoms with van der Waals surface area (Å²) in [5.41, 5.74) is 0.105. The summed E-state index contributed by atoms with van der Waals surface area (Å²) in [6.45, 7) is 2.64. The second kappa shape index (κ2) is 6.34. The monoisotopic (exact) mass is 291 g/mol. The molecule has 1 aliphatic rings. The van der Waals surface area contributed by atoms with Crippen molar-refractivity contribution >= 4 is 23.2 Å². The van der Waals surface area contributed by atoms with Crippen LogP contribution in [0.5, 0.6) is 0 Å². The Morgan fingerprint density at radius 3 is 2.48 bits per heavy atom. The quantitative estimate of drug-likeness (QED) is 0.682. The zero-order valence-electron chi connectivity index (χ0n) is 11.8. The molecule has 7 heteroatoms. The largest absolute Gasteiger partial charge is 0.339 e. The summed E-state index contributed by atoms with van der Waals surface area (Å²) in [7, 11) is 0. The fourth-order valence-corrected chi connectivity index (χ4v) is 2.39. The Hall–Kier alpha value is -2.44. The van der Waals surface area contributed by atoms with Gasteiger partial charge in [0.2, 0.25) is 5.91 Å². The van der Waals surface area contributed by atoms with E-state index in [1.807, 2.05) is 0 Å². The molecule has 2 rings (SSSR count). The molecule has 0 spiro atoms. The number of carbonyl (C=O) groups excluding carboxylic acids is 2. The Bertz CT molecular complexity index is 580. The van der Waals surface area contributed by atoms with E-state index in [1.54, 1.807) is 4.90 Å². The van der Waals surface area contributed by atoms with Crippen molar-refractivity contribution in [2.75, 3.05) is 18.4 Å². The first kappa shape index (κ1) is 15.0. The lowest BCUT2D eigenvalue weighted by Crippen LogP contribution is -2.35. The molecule has 0 bridgehead atoms. The van der Waals surface area contributed by atoms with E-state index in [4.69, 9.17) is 0 Å². The van der Waals surface area contributed by atoms with Crippen LogP contribution in [-0.2, 0) is 4.79 Å². The van der Waals surface area contributed by atoms with Crippen molar-refractivity contribution in [1.82, 2.24) is 4.90 Å². The zero-order valence-corrected chi connectivity index (χ0v) is 11.8. The number of nitrogens with zero attached hydrogens (tertiary/aromatic N) is 2. The van der Waals surface area contributed by atoms with Crippen molar-refractivity contribution in [3.8, 4) is 0 Å². The molecule has 0 aliphatic carbocycles. The van der Waals surface area contributed by atoms with Crippen LogP contribution in [0.2, 0.25) is 0 Å². The van der Waals surface area contributed by atoms with Crippen molar-refractivity contribution < 1.29 is 14.5 Å². The van der Waals surface area contributed by atoms with Gasteiger partial charge >= 0.3 is 0 Å². The highest BCUT2D eigenvalue weighted by Crippen LogP contribution is 2.26. The summed E-state index contributed by atoms with van der Waals surface area (Å²) in [6, 6.07) is 4.13. The highest BCUT2D eigenvalue weighted by atomic mass is 16.6. The Morgan fingerprint density at radius 2 is 1.90 bits per heavy atom. The van der Waals surface area contributed by atoms with Gasteiger partial charge in [-0.1, -0.05) is 0 Å². The minimum absolute atomic E-state index is 0.0997. The summed E-state index contributed by atoms with van der Waals surface area (Å²) in [4.78, 5) is 35.6. The average Bonchev–Trinajstić information content (AvgIpc) is 2.47. The number of carbonyl (C=O) groups is 2. The van der Waals surface area contributed by atoms with Gasteiger partial charge in [-0.3, -0.25) is 19.7 Å². The standard InChI is InChI=1S/C14H17N3O4/c1-10(18)15-12-6-5-11(9-13(12)17(20)21)14(19)16-7-3-2-4-8-16/h5-6,9H,2-4,7-8H2,1H3,(H,15,18). The van der Waals surface area contributed by atoms with Gasteiger partial charge in [0.15, 0.2) is 0 Å². The number of anilines is 1. The third-order valence-electron chi connectivity index (χ3n) is 3.40. The molecule has 7 nitrogen and oxygen atoms in total. The number of nitrogens with one attached hydrogen (secondary N) is 1. The molecule has 0 saturated carbocycles. The van der Waals surface area contributed by atoms with Gasteiger partial charge in [-0.15, -0.1) is 0 Å². The summed E-state index contributed by atoms with van der Waals surface area (Å²) in [6.07, 6.45) is 3.01. The number of nitro groups is 1. The molecule has 1 aromatic carbocycles. The van der Waals surface area contributed by atoms with Gasteiger partial charge in [0, 0.05) is 31.6 Å². The molecule has 0 radical (unpaired) electrons. The van der Waals surface area contributed by atoms with Crippen LogP contribution in [0.15, 0.2) is 18.2 Å². The van der Waals surface area contributed by atoms with E-state index < -0.39 is 10.8 Å². The smallest absolute Gasteiger partial charge is 0.293 e. The number of nitro benzene ring substituents is 1. The molecular formula is C14H17N3O4. The minimum atomic E-state index is -0.599. The first-order valence-electron chi connectivity index (χ1n) is 6.84. The van der Waals surface area contributed by atoms with Gasteiger partial charge in [0.25, 0.3) is 11.6 Å². The molecule has 1 fully saturated rings. The Balaban J connectivity index is 2.28. The van der Waals surface area contributed by atoms with E-state index in [-0.39, 0.29) is 22.8 Å². The fourth-order valence-electron chi connectivity index (χ4n) is 2.39. The van der Waals surface area contributed by atoms with Crippen LogP contribution < -0.4 is 5.32 Å². The molecule has 1 N–H and O–H groups in total. The van der Waals surface area contributed by atoms with Gasteiger partial charge in [0.05, 0.1) is 4.92 Å². The predicted octanol–water partition coefficient (Wildman–Crippen LogP) is 2.18. The lowest BCUT2D eigenvalue weighted by Gasteiger charge is -2.26. The number of likely N-dealkylation sites (tertiary alicyclic amines) is 1. The maximum atomic E-state index is 12.3. The van der Waals surface area contributed by atoms with Gasteiger partial charge in [-0.05, 0) is 31.4 Å². The molecule has 1 aromatic rings. The Morgan fingerprint density at radius 1 is 1.24 bits per heavy atom. The predicted molar refractivity (Wildman–Crippen MR) is 77.2 cm³/mol. The summed E-state index contributed by atoms with van der Waals surface area (Å²) < 4.78 is 0. The molecule has 2 amide bonds. The third kappa shape index (κ3) is 3.56. The number of piperidine rings is 1. The second-order valence-corrected chi connectivity index (χ2v) is 5.02. The van der Waals surface area contributed by atoms with E-state index in [2.05, 4.69) is 5.32 Å². The number of hydrogen-bond acceptors (Lipinski definition) is 4. The van der Waals surface area contributed by atoms with Crippen LogP contribution in [-0.4, -0.2) is 34.7 Å². The highest BCUT2D eigenvalue weighted by molar-refractivity contribution is 5.97. The second-order valence-electron chi connectivity index (χ2n) is 5.02. The van der Waals surface area contributed by atoms with Crippen LogP contribution >= 0.6 is 0 Å². The van der Waals surface area contributed by atoms with Gasteiger partial charge in [-0.25, -0.2) is 0 Å². The van der Waals surface area contributed by atoms with Crippen molar-refractivity contribution in [3.63, 3.8) is 0 Å². The van der Waals surface area contributed by atoms with Crippen LogP contribution in [0.25, 0.3) is 0 Å². The molecular weight excluding hydrogens is 274 g/mol. The van der Waals surface area contributed by atoms with E-state index in [0.29, 0.717) is 13.1 Å². The molecule has 21 heavy (non-hydrogen) atoms. The summed E-state index contributed by atoms with van der Waals surface area (Å²) in [5.74, 6) is -0.597. The summed E-state index contributed by atoms with van der Waals surface area (Å²) >= 11 is 0. The summed E-state index contributed by atoms with van der Waals surface area (Å²) in [5, 5.41) is 13.5. The van der Waals surface area contributed by atoms with E-state index in [9.17, 15) is 19.7 Å². The zero-order chi connectivity index (χ0) is 15.4. The topological polar surface area (TPSA) is 92.6 Å². The molecule has 1 saturated heterocycles. The van der Waals surface area contributed by atoms with Crippen LogP contribution in [0.4, 0.5) is 11.4 Å². The SMILES string of the molecule is CC(=O)Nc1ccc(C(=O)N2CCCCC2)cc1[N+](=O)[O-]. The van der Waals surface area contributed by atoms with Crippen molar-refractivity contribution in [1.29, 1.82) is 0 Å². The normalized spacial score (nSPS) is 14.6. The maximum absolute atomic E-state index is 12.3. The van der Waals surface area contributed by atoms with Gasteiger partial charge in [-0.2, -0.15) is 0 Å². The molecule has 0 atom stereocenters. The highest BCUT2D eigenvalue weighted by Gasteiger charge is 2.22. The van der Waals surface area contributed by atoms with Crippen molar-refractivity contribution in [2.24, 2.45) is 0 Å². The first-order chi connectivity index (χ1) is 9.99. The van der Waals surface area contributed by atoms with Gasteiger partial charge in [0.1, 0.15) is 5.69 Å². The fraction of sp³-hybridized carbons (Fsp3) is 0.429. The number of amides is 2. The molecule has 0 unspecified atom stereocenters. The molecule has 112 valence electrons. The number of benzene rings is 1. The number of hydrogen-bond donors (Lipinski definition) is 1. The molecule has 1 heterocycles. The Kier molecular flexibility index (Phi) is 4.52. The number of rotatable bonds is 3. The van der Waals surface area contributed by atoms with Gasteiger partial charge < -0.3 is 10.2 Å².